The van der Waals surface area contributed by atoms with Crippen molar-refractivity contribution >= 4 is 22.7 Å². The van der Waals surface area contributed by atoms with Gasteiger partial charge in [-0.25, -0.2) is 4.79 Å². The highest BCUT2D eigenvalue weighted by molar-refractivity contribution is 7.98. The highest BCUT2D eigenvalue weighted by Gasteiger charge is 2.10. The number of hydrogen-bond donors (Lipinski definition) is 1. The van der Waals surface area contributed by atoms with Gasteiger partial charge in [0.05, 0.1) is 6.10 Å². The van der Waals surface area contributed by atoms with Crippen LogP contribution in [0.3, 0.4) is 0 Å². The zero-order valence-electron chi connectivity index (χ0n) is 13.6. The molecule has 4 heteroatoms. The van der Waals surface area contributed by atoms with E-state index in [1.54, 1.807) is 17.8 Å². The Labute approximate surface area is 145 Å². The first-order valence-electron chi connectivity index (χ1n) is 8.04. The van der Waals surface area contributed by atoms with E-state index in [9.17, 15) is 9.90 Å². The van der Waals surface area contributed by atoms with Gasteiger partial charge in [0, 0.05) is 23.0 Å². The molecule has 1 aromatic heterocycles. The zero-order valence-corrected chi connectivity index (χ0v) is 14.4. The summed E-state index contributed by atoms with van der Waals surface area (Å²) >= 11 is 1.61. The van der Waals surface area contributed by atoms with Crippen molar-refractivity contribution in [2.24, 2.45) is 0 Å². The SMILES string of the molecule is CCc1ccc2c(CSC[C@H](O)c3ccccc3)cc(=O)oc2c1. The van der Waals surface area contributed by atoms with E-state index >= 15 is 0 Å². The third-order valence-electron chi connectivity index (χ3n) is 4.02. The van der Waals surface area contributed by atoms with E-state index in [4.69, 9.17) is 4.42 Å². The first kappa shape index (κ1) is 16.8. The van der Waals surface area contributed by atoms with Gasteiger partial charge in [-0.15, -0.1) is 0 Å². The van der Waals surface area contributed by atoms with Gasteiger partial charge in [0.2, 0.25) is 0 Å². The lowest BCUT2D eigenvalue weighted by Gasteiger charge is -2.11. The first-order valence-corrected chi connectivity index (χ1v) is 9.19. The van der Waals surface area contributed by atoms with Gasteiger partial charge in [0.15, 0.2) is 0 Å². The second-order valence-electron chi connectivity index (χ2n) is 5.72. The summed E-state index contributed by atoms with van der Waals surface area (Å²) in [5.41, 5.74) is 3.33. The van der Waals surface area contributed by atoms with E-state index in [1.807, 2.05) is 42.5 Å². The van der Waals surface area contributed by atoms with Gasteiger partial charge in [-0.1, -0.05) is 49.4 Å². The molecule has 124 valence electrons. The van der Waals surface area contributed by atoms with Crippen LogP contribution in [0.2, 0.25) is 0 Å². The first-order chi connectivity index (χ1) is 11.7. The second kappa shape index (κ2) is 7.69. The van der Waals surface area contributed by atoms with Gasteiger partial charge in [0.1, 0.15) is 5.58 Å². The Morgan fingerprint density at radius 1 is 1.12 bits per heavy atom. The monoisotopic (exact) mass is 340 g/mol. The molecule has 0 aliphatic rings. The maximum atomic E-state index is 11.8. The number of fused-ring (bicyclic) bond motifs is 1. The molecule has 0 aliphatic heterocycles. The normalized spacial score (nSPS) is 12.4. The molecule has 24 heavy (non-hydrogen) atoms. The smallest absolute Gasteiger partial charge is 0.336 e. The molecular weight excluding hydrogens is 320 g/mol. The van der Waals surface area contributed by atoms with Crippen LogP contribution in [0, 0.1) is 0 Å². The lowest BCUT2D eigenvalue weighted by Crippen LogP contribution is -2.03. The summed E-state index contributed by atoms with van der Waals surface area (Å²) in [6.45, 7) is 2.07. The number of thioether (sulfide) groups is 1. The van der Waals surface area contributed by atoms with Crippen molar-refractivity contribution in [1.82, 2.24) is 0 Å². The number of hydrogen-bond acceptors (Lipinski definition) is 4. The number of aryl methyl sites for hydroxylation is 1. The van der Waals surface area contributed by atoms with Gasteiger partial charge >= 0.3 is 5.63 Å². The van der Waals surface area contributed by atoms with Crippen LogP contribution in [-0.2, 0) is 12.2 Å². The summed E-state index contributed by atoms with van der Waals surface area (Å²) in [4.78, 5) is 11.8. The van der Waals surface area contributed by atoms with Crippen molar-refractivity contribution in [1.29, 1.82) is 0 Å². The topological polar surface area (TPSA) is 50.4 Å². The standard InChI is InChI=1S/C20H20O3S/c1-2-14-8-9-17-16(11-20(22)23-19(17)10-14)12-24-13-18(21)15-6-4-3-5-7-15/h3-11,18,21H,2,12-13H2,1H3/t18-/m0/s1. The summed E-state index contributed by atoms with van der Waals surface area (Å²) in [6, 6.07) is 17.2. The molecule has 0 saturated heterocycles. The molecule has 0 amide bonds. The maximum absolute atomic E-state index is 11.8. The maximum Gasteiger partial charge on any atom is 0.336 e. The average Bonchev–Trinajstić information content (AvgIpc) is 2.61. The lowest BCUT2D eigenvalue weighted by molar-refractivity contribution is 0.204. The highest BCUT2D eigenvalue weighted by Crippen LogP contribution is 2.25. The number of rotatable bonds is 6. The van der Waals surface area contributed by atoms with Crippen LogP contribution < -0.4 is 5.63 Å². The van der Waals surface area contributed by atoms with E-state index < -0.39 is 6.10 Å². The van der Waals surface area contributed by atoms with Crippen LogP contribution in [0.1, 0.15) is 29.7 Å². The van der Waals surface area contributed by atoms with Gasteiger partial charge in [0.25, 0.3) is 0 Å². The Hall–Kier alpha value is -2.04. The molecule has 0 radical (unpaired) electrons. The van der Waals surface area contributed by atoms with Crippen molar-refractivity contribution in [3.05, 3.63) is 81.7 Å². The van der Waals surface area contributed by atoms with Crippen LogP contribution >= 0.6 is 11.8 Å². The van der Waals surface area contributed by atoms with Gasteiger partial charge in [-0.3, -0.25) is 0 Å². The van der Waals surface area contributed by atoms with Gasteiger partial charge in [-0.05, 0) is 29.2 Å². The Morgan fingerprint density at radius 3 is 2.67 bits per heavy atom. The molecule has 1 N–H and O–H groups in total. The third-order valence-corrected chi connectivity index (χ3v) is 5.09. The Kier molecular flexibility index (Phi) is 5.38. The van der Waals surface area contributed by atoms with Crippen LogP contribution in [-0.4, -0.2) is 10.9 Å². The third kappa shape index (κ3) is 3.89. The van der Waals surface area contributed by atoms with Crippen molar-refractivity contribution < 1.29 is 9.52 Å². The molecular formula is C20H20O3S. The molecule has 0 fully saturated rings. The fraction of sp³-hybridized carbons (Fsp3) is 0.250. The van der Waals surface area contributed by atoms with Gasteiger partial charge in [-0.2, -0.15) is 11.8 Å². The predicted octanol–water partition coefficient (Wildman–Crippen LogP) is 4.32. The average molecular weight is 340 g/mol. The molecule has 0 spiro atoms. The van der Waals surface area contributed by atoms with Crippen molar-refractivity contribution in [3.63, 3.8) is 0 Å². The van der Waals surface area contributed by atoms with Crippen LogP contribution in [0.15, 0.2) is 63.8 Å². The van der Waals surface area contributed by atoms with Crippen LogP contribution in [0.4, 0.5) is 0 Å². The molecule has 3 nitrogen and oxygen atoms in total. The van der Waals surface area contributed by atoms with E-state index in [0.717, 1.165) is 28.5 Å². The molecule has 0 unspecified atom stereocenters. The second-order valence-corrected chi connectivity index (χ2v) is 6.75. The minimum Gasteiger partial charge on any atom is -0.423 e. The molecule has 1 heterocycles. The summed E-state index contributed by atoms with van der Waals surface area (Å²) in [7, 11) is 0. The summed E-state index contributed by atoms with van der Waals surface area (Å²) in [5, 5.41) is 11.2. The Morgan fingerprint density at radius 2 is 1.92 bits per heavy atom. The van der Waals surface area contributed by atoms with E-state index in [-0.39, 0.29) is 5.63 Å². The molecule has 0 aliphatic carbocycles. The minimum absolute atomic E-state index is 0.324. The quantitative estimate of drug-likeness (QED) is 0.679. The molecule has 3 rings (SSSR count). The van der Waals surface area contributed by atoms with E-state index in [1.165, 1.54) is 0 Å². The molecule has 0 bridgehead atoms. The predicted molar refractivity (Wildman–Crippen MR) is 99.4 cm³/mol. The Bertz CT molecular complexity index is 871. The van der Waals surface area contributed by atoms with Gasteiger partial charge < -0.3 is 9.52 Å². The summed E-state index contributed by atoms with van der Waals surface area (Å²) in [5.74, 6) is 1.25. The summed E-state index contributed by atoms with van der Waals surface area (Å²) in [6.07, 6.45) is 0.399. The summed E-state index contributed by atoms with van der Waals surface area (Å²) < 4.78 is 5.33. The molecule has 3 aromatic rings. The number of aliphatic hydroxyl groups is 1. The molecule has 1 atom stereocenters. The fourth-order valence-electron chi connectivity index (χ4n) is 2.67. The number of benzene rings is 2. The Balaban J connectivity index is 1.74. The van der Waals surface area contributed by atoms with Crippen molar-refractivity contribution in [2.45, 2.75) is 25.2 Å². The minimum atomic E-state index is -0.505. The van der Waals surface area contributed by atoms with E-state index in [2.05, 4.69) is 13.0 Å². The molecule has 2 aromatic carbocycles. The van der Waals surface area contributed by atoms with E-state index in [0.29, 0.717) is 17.1 Å². The highest BCUT2D eigenvalue weighted by atomic mass is 32.2. The van der Waals surface area contributed by atoms with Crippen molar-refractivity contribution in [2.75, 3.05) is 5.75 Å². The lowest BCUT2D eigenvalue weighted by atomic mass is 10.1. The molecule has 0 saturated carbocycles. The van der Waals surface area contributed by atoms with Crippen LogP contribution in [0.25, 0.3) is 11.0 Å². The fourth-order valence-corrected chi connectivity index (χ4v) is 3.66. The number of aliphatic hydroxyl groups excluding tert-OH is 1. The van der Waals surface area contributed by atoms with Crippen molar-refractivity contribution in [3.8, 4) is 0 Å². The van der Waals surface area contributed by atoms with Crippen LogP contribution in [0.5, 0.6) is 0 Å². The zero-order chi connectivity index (χ0) is 16.9. The largest absolute Gasteiger partial charge is 0.423 e.